The summed E-state index contributed by atoms with van der Waals surface area (Å²) in [4.78, 5) is 22.8. The van der Waals surface area contributed by atoms with Crippen LogP contribution in [-0.2, 0) is 11.2 Å². The fraction of sp³-hybridized carbons (Fsp3) is 0.364. The van der Waals surface area contributed by atoms with Crippen molar-refractivity contribution >= 4 is 17.7 Å². The van der Waals surface area contributed by atoms with E-state index in [0.717, 1.165) is 5.56 Å². The Morgan fingerprint density at radius 3 is 2.89 bits per heavy atom. The number of rotatable bonds is 4. The normalized spacial score (nSPS) is 15.1. The van der Waals surface area contributed by atoms with Crippen LogP contribution in [0.4, 0.5) is 11.4 Å². The average molecular weight is 251 g/mol. The SMILES string of the molecule is COc1cc2c(cc1[N+](=O)[O-])N(C(N)C=O)CC2. The number of ether oxygens (including phenoxy) is 1. The van der Waals surface area contributed by atoms with Crippen molar-refractivity contribution in [1.29, 1.82) is 0 Å². The van der Waals surface area contributed by atoms with Crippen molar-refractivity contribution in [3.05, 3.63) is 27.8 Å². The molecule has 7 nitrogen and oxygen atoms in total. The van der Waals surface area contributed by atoms with E-state index in [1.54, 1.807) is 11.0 Å². The van der Waals surface area contributed by atoms with E-state index in [1.165, 1.54) is 13.2 Å². The summed E-state index contributed by atoms with van der Waals surface area (Å²) in [5.74, 6) is 0.222. The lowest BCUT2D eigenvalue weighted by Crippen LogP contribution is -2.42. The second kappa shape index (κ2) is 4.61. The van der Waals surface area contributed by atoms with E-state index < -0.39 is 11.1 Å². The molecule has 0 spiro atoms. The fourth-order valence-electron chi connectivity index (χ4n) is 2.12. The number of methoxy groups -OCH3 is 1. The van der Waals surface area contributed by atoms with Crippen molar-refractivity contribution in [2.24, 2.45) is 5.73 Å². The van der Waals surface area contributed by atoms with Crippen molar-refractivity contribution < 1.29 is 14.5 Å². The number of nitro groups is 1. The molecule has 0 fully saturated rings. The van der Waals surface area contributed by atoms with Crippen LogP contribution in [0, 0.1) is 10.1 Å². The van der Waals surface area contributed by atoms with Gasteiger partial charge in [0.15, 0.2) is 12.0 Å². The van der Waals surface area contributed by atoms with Crippen LogP contribution >= 0.6 is 0 Å². The third kappa shape index (κ3) is 1.88. The zero-order valence-electron chi connectivity index (χ0n) is 9.83. The number of benzene rings is 1. The van der Waals surface area contributed by atoms with E-state index in [4.69, 9.17) is 10.5 Å². The third-order valence-electron chi connectivity index (χ3n) is 3.01. The molecule has 1 aromatic carbocycles. The molecule has 96 valence electrons. The Hall–Kier alpha value is -2.15. The van der Waals surface area contributed by atoms with Gasteiger partial charge in [-0.1, -0.05) is 0 Å². The minimum absolute atomic E-state index is 0.124. The van der Waals surface area contributed by atoms with E-state index in [2.05, 4.69) is 0 Å². The van der Waals surface area contributed by atoms with Crippen molar-refractivity contribution in [2.45, 2.75) is 12.6 Å². The fourth-order valence-corrected chi connectivity index (χ4v) is 2.12. The van der Waals surface area contributed by atoms with Crippen LogP contribution in [0.15, 0.2) is 12.1 Å². The summed E-state index contributed by atoms with van der Waals surface area (Å²) in [7, 11) is 1.39. The molecule has 2 rings (SSSR count). The van der Waals surface area contributed by atoms with Crippen LogP contribution in [0.1, 0.15) is 5.56 Å². The third-order valence-corrected chi connectivity index (χ3v) is 3.01. The summed E-state index contributed by atoms with van der Waals surface area (Å²) in [6, 6.07) is 3.04. The average Bonchev–Trinajstić information content (AvgIpc) is 2.78. The van der Waals surface area contributed by atoms with E-state index >= 15 is 0 Å². The minimum Gasteiger partial charge on any atom is -0.490 e. The van der Waals surface area contributed by atoms with Gasteiger partial charge in [0.05, 0.1) is 12.0 Å². The number of fused-ring (bicyclic) bond motifs is 1. The molecule has 0 aromatic heterocycles. The Bertz CT molecular complexity index is 503. The molecule has 0 amide bonds. The molecule has 0 bridgehead atoms. The van der Waals surface area contributed by atoms with Gasteiger partial charge in [-0.3, -0.25) is 14.9 Å². The number of carbonyl (C=O) groups is 1. The topological polar surface area (TPSA) is 98.7 Å². The highest BCUT2D eigenvalue weighted by Crippen LogP contribution is 2.38. The maximum absolute atomic E-state index is 10.9. The lowest BCUT2D eigenvalue weighted by atomic mass is 10.1. The maximum Gasteiger partial charge on any atom is 0.312 e. The van der Waals surface area contributed by atoms with Gasteiger partial charge < -0.3 is 15.4 Å². The number of nitrogens with two attached hydrogens (primary N) is 1. The molecule has 1 atom stereocenters. The Labute approximate surface area is 103 Å². The molecule has 0 radical (unpaired) electrons. The van der Waals surface area contributed by atoms with Crippen LogP contribution in [0.5, 0.6) is 5.75 Å². The van der Waals surface area contributed by atoms with Crippen LogP contribution in [0.3, 0.4) is 0 Å². The predicted molar refractivity (Wildman–Crippen MR) is 64.7 cm³/mol. The molecule has 1 aliphatic heterocycles. The molecule has 1 aromatic rings. The Morgan fingerprint density at radius 1 is 1.61 bits per heavy atom. The second-order valence-electron chi connectivity index (χ2n) is 3.98. The quantitative estimate of drug-likeness (QED) is 0.474. The minimum atomic E-state index is -0.778. The Balaban J connectivity index is 2.50. The standard InChI is InChI=1S/C11H13N3O4/c1-18-10-4-7-2-3-13(11(12)6-15)8(7)5-9(10)14(16)17/h4-6,11H,2-3,12H2,1H3. The monoisotopic (exact) mass is 251 g/mol. The molecule has 0 saturated heterocycles. The van der Waals surface area contributed by atoms with Gasteiger partial charge in [0, 0.05) is 18.3 Å². The number of anilines is 1. The molecule has 0 saturated carbocycles. The highest BCUT2D eigenvalue weighted by atomic mass is 16.6. The molecular weight excluding hydrogens is 238 g/mol. The first kappa shape index (κ1) is 12.3. The largest absolute Gasteiger partial charge is 0.490 e. The molecule has 7 heteroatoms. The number of nitrogens with zero attached hydrogens (tertiary/aromatic N) is 2. The van der Waals surface area contributed by atoms with Gasteiger partial charge in [0.25, 0.3) is 0 Å². The van der Waals surface area contributed by atoms with Crippen molar-refractivity contribution in [3.8, 4) is 5.75 Å². The van der Waals surface area contributed by atoms with E-state index in [0.29, 0.717) is 24.9 Å². The molecule has 0 aliphatic carbocycles. The van der Waals surface area contributed by atoms with Gasteiger partial charge in [-0.2, -0.15) is 0 Å². The lowest BCUT2D eigenvalue weighted by Gasteiger charge is -2.22. The van der Waals surface area contributed by atoms with Gasteiger partial charge in [-0.25, -0.2) is 0 Å². The Morgan fingerprint density at radius 2 is 2.33 bits per heavy atom. The van der Waals surface area contributed by atoms with E-state index in [-0.39, 0.29) is 11.4 Å². The number of nitro benzene ring substituents is 1. The molecule has 1 aliphatic rings. The van der Waals surface area contributed by atoms with Crippen molar-refractivity contribution in [2.75, 3.05) is 18.6 Å². The van der Waals surface area contributed by atoms with E-state index in [9.17, 15) is 14.9 Å². The Kier molecular flexibility index (Phi) is 3.15. The summed E-state index contributed by atoms with van der Waals surface area (Å²) in [6.07, 6.45) is 0.524. The zero-order valence-corrected chi connectivity index (χ0v) is 9.83. The van der Waals surface area contributed by atoms with E-state index in [1.807, 2.05) is 0 Å². The summed E-state index contributed by atoms with van der Waals surface area (Å²) in [6.45, 7) is 0.569. The first-order chi connectivity index (χ1) is 8.58. The van der Waals surface area contributed by atoms with Crippen molar-refractivity contribution in [1.82, 2.24) is 0 Å². The van der Waals surface area contributed by atoms with Gasteiger partial charge in [0.1, 0.15) is 6.17 Å². The molecule has 1 unspecified atom stereocenters. The van der Waals surface area contributed by atoms with Gasteiger partial charge in [0.2, 0.25) is 0 Å². The van der Waals surface area contributed by atoms with Gasteiger partial charge in [-0.05, 0) is 18.1 Å². The second-order valence-corrected chi connectivity index (χ2v) is 3.98. The predicted octanol–water partition coefficient (Wildman–Crippen LogP) is 0.450. The van der Waals surface area contributed by atoms with Crippen molar-refractivity contribution in [3.63, 3.8) is 0 Å². The van der Waals surface area contributed by atoms with Crippen LogP contribution in [0.2, 0.25) is 0 Å². The van der Waals surface area contributed by atoms with Crippen LogP contribution in [-0.4, -0.2) is 31.0 Å². The maximum atomic E-state index is 10.9. The number of hydrogen-bond donors (Lipinski definition) is 1. The summed E-state index contributed by atoms with van der Waals surface area (Å²) in [5, 5.41) is 10.9. The van der Waals surface area contributed by atoms with Crippen LogP contribution < -0.4 is 15.4 Å². The molecule has 1 heterocycles. The highest BCUT2D eigenvalue weighted by Gasteiger charge is 2.28. The smallest absolute Gasteiger partial charge is 0.312 e. The lowest BCUT2D eigenvalue weighted by molar-refractivity contribution is -0.385. The molecule has 2 N–H and O–H groups in total. The number of aldehydes is 1. The molecular formula is C11H13N3O4. The summed E-state index contributed by atoms with van der Waals surface area (Å²) in [5.41, 5.74) is 7.05. The van der Waals surface area contributed by atoms with Gasteiger partial charge in [-0.15, -0.1) is 0 Å². The number of hydrogen-bond acceptors (Lipinski definition) is 6. The number of carbonyl (C=O) groups excluding carboxylic acids is 1. The van der Waals surface area contributed by atoms with Crippen LogP contribution in [0.25, 0.3) is 0 Å². The molecule has 18 heavy (non-hydrogen) atoms. The first-order valence-corrected chi connectivity index (χ1v) is 5.41. The summed E-state index contributed by atoms with van der Waals surface area (Å²) < 4.78 is 4.99. The zero-order chi connectivity index (χ0) is 13.3. The first-order valence-electron chi connectivity index (χ1n) is 5.41. The summed E-state index contributed by atoms with van der Waals surface area (Å²) >= 11 is 0. The highest BCUT2D eigenvalue weighted by molar-refractivity contribution is 5.73. The van der Waals surface area contributed by atoms with Gasteiger partial charge >= 0.3 is 5.69 Å².